The molecule has 2 N–H and O–H groups in total. The molecule has 0 saturated heterocycles. The molecule has 0 saturated carbocycles. The van der Waals surface area contributed by atoms with Gasteiger partial charge in [-0.25, -0.2) is 0 Å². The van der Waals surface area contributed by atoms with Gasteiger partial charge in [0.15, 0.2) is 0 Å². The van der Waals surface area contributed by atoms with Crippen LogP contribution >= 0.6 is 0 Å². The minimum Gasteiger partial charge on any atom is -0.345 e. The van der Waals surface area contributed by atoms with Crippen molar-refractivity contribution in [2.24, 2.45) is 0 Å². The Morgan fingerprint density at radius 1 is 1.24 bits per heavy atom. The zero-order valence-electron chi connectivity index (χ0n) is 10.6. The van der Waals surface area contributed by atoms with Gasteiger partial charge in [0.1, 0.15) is 6.04 Å². The van der Waals surface area contributed by atoms with Gasteiger partial charge in [0.2, 0.25) is 11.8 Å². The third-order valence-electron chi connectivity index (χ3n) is 2.68. The van der Waals surface area contributed by atoms with Gasteiger partial charge in [0, 0.05) is 12.6 Å². The summed E-state index contributed by atoms with van der Waals surface area (Å²) in [4.78, 5) is 22.6. The molecule has 0 aliphatic carbocycles. The molecule has 0 radical (unpaired) electrons. The summed E-state index contributed by atoms with van der Waals surface area (Å²) in [5, 5.41) is 5.35. The lowest BCUT2D eigenvalue weighted by atomic mass is 10.1. The van der Waals surface area contributed by atoms with Crippen LogP contribution in [0.25, 0.3) is 0 Å². The van der Waals surface area contributed by atoms with E-state index in [1.54, 1.807) is 6.92 Å². The summed E-state index contributed by atoms with van der Waals surface area (Å²) < 4.78 is 0. The normalized spacial score (nSPS) is 11.8. The number of rotatable bonds is 3. The minimum atomic E-state index is -0.535. The van der Waals surface area contributed by atoms with E-state index in [2.05, 4.69) is 10.6 Å². The molecular weight excluding hydrogens is 216 g/mol. The summed E-state index contributed by atoms with van der Waals surface area (Å²) in [7, 11) is 0. The molecule has 0 aromatic heterocycles. The Kier molecular flexibility index (Phi) is 4.26. The molecule has 0 unspecified atom stereocenters. The van der Waals surface area contributed by atoms with Crippen molar-refractivity contribution in [2.45, 2.75) is 33.7 Å². The van der Waals surface area contributed by atoms with Gasteiger partial charge < -0.3 is 10.6 Å². The van der Waals surface area contributed by atoms with Crippen molar-refractivity contribution >= 4 is 17.5 Å². The van der Waals surface area contributed by atoms with E-state index in [1.165, 1.54) is 6.92 Å². The highest BCUT2D eigenvalue weighted by Crippen LogP contribution is 2.17. The molecule has 1 atom stereocenters. The van der Waals surface area contributed by atoms with Crippen LogP contribution in [-0.2, 0) is 9.59 Å². The van der Waals surface area contributed by atoms with Crippen LogP contribution in [0.15, 0.2) is 18.2 Å². The highest BCUT2D eigenvalue weighted by Gasteiger charge is 2.14. The van der Waals surface area contributed by atoms with E-state index in [0.29, 0.717) is 0 Å². The second-order valence-electron chi connectivity index (χ2n) is 4.16. The number of anilines is 1. The Morgan fingerprint density at radius 3 is 2.47 bits per heavy atom. The van der Waals surface area contributed by atoms with Crippen molar-refractivity contribution in [3.05, 3.63) is 29.3 Å². The summed E-state index contributed by atoms with van der Waals surface area (Å²) >= 11 is 0. The van der Waals surface area contributed by atoms with E-state index in [-0.39, 0.29) is 11.8 Å². The van der Waals surface area contributed by atoms with E-state index >= 15 is 0 Å². The fourth-order valence-corrected chi connectivity index (χ4v) is 1.50. The smallest absolute Gasteiger partial charge is 0.246 e. The van der Waals surface area contributed by atoms with Crippen LogP contribution in [0.3, 0.4) is 0 Å². The number of carbonyl (C=O) groups excluding carboxylic acids is 2. The van der Waals surface area contributed by atoms with Crippen molar-refractivity contribution in [1.29, 1.82) is 0 Å². The number of carbonyl (C=O) groups is 2. The maximum atomic E-state index is 11.8. The van der Waals surface area contributed by atoms with Gasteiger partial charge in [-0.05, 0) is 38.0 Å². The monoisotopic (exact) mass is 234 g/mol. The quantitative estimate of drug-likeness (QED) is 0.837. The molecule has 0 heterocycles. The zero-order valence-corrected chi connectivity index (χ0v) is 10.6. The van der Waals surface area contributed by atoms with Crippen molar-refractivity contribution in [2.75, 3.05) is 5.32 Å². The lowest BCUT2D eigenvalue weighted by molar-refractivity contribution is -0.124. The van der Waals surface area contributed by atoms with Crippen molar-refractivity contribution in [3.8, 4) is 0 Å². The van der Waals surface area contributed by atoms with Gasteiger partial charge in [-0.2, -0.15) is 0 Å². The summed E-state index contributed by atoms with van der Waals surface area (Å²) in [6.07, 6.45) is 0. The molecule has 0 fully saturated rings. The number of nitrogens with one attached hydrogen (secondary N) is 2. The maximum Gasteiger partial charge on any atom is 0.246 e. The van der Waals surface area contributed by atoms with Crippen LogP contribution in [0.5, 0.6) is 0 Å². The minimum absolute atomic E-state index is 0.214. The van der Waals surface area contributed by atoms with Gasteiger partial charge in [-0.1, -0.05) is 12.1 Å². The third kappa shape index (κ3) is 3.59. The Balaban J connectivity index is 2.74. The van der Waals surface area contributed by atoms with Gasteiger partial charge in [-0.3, -0.25) is 9.59 Å². The predicted octanol–water partition coefficient (Wildman–Crippen LogP) is 1.77. The highest BCUT2D eigenvalue weighted by molar-refractivity contribution is 5.97. The first kappa shape index (κ1) is 13.2. The number of amides is 2. The molecule has 0 spiro atoms. The SMILES string of the molecule is CC(=O)N[C@@H](C)C(=O)Nc1cccc(C)c1C. The van der Waals surface area contributed by atoms with E-state index in [4.69, 9.17) is 0 Å². The second-order valence-corrected chi connectivity index (χ2v) is 4.16. The Bertz CT molecular complexity index is 441. The molecule has 4 heteroatoms. The summed E-state index contributed by atoms with van der Waals surface area (Å²) in [6, 6.07) is 5.19. The van der Waals surface area contributed by atoms with Crippen molar-refractivity contribution in [1.82, 2.24) is 5.32 Å². The van der Waals surface area contributed by atoms with E-state index in [1.807, 2.05) is 32.0 Å². The Labute approximate surface area is 101 Å². The molecule has 0 bridgehead atoms. The summed E-state index contributed by atoms with van der Waals surface area (Å²) in [5.74, 6) is -0.428. The van der Waals surface area contributed by atoms with Crippen LogP contribution in [-0.4, -0.2) is 17.9 Å². The molecule has 1 aromatic carbocycles. The summed E-state index contributed by atoms with van der Waals surface area (Å²) in [6.45, 7) is 6.99. The first-order valence-corrected chi connectivity index (χ1v) is 5.56. The largest absolute Gasteiger partial charge is 0.345 e. The predicted molar refractivity (Wildman–Crippen MR) is 67.8 cm³/mol. The maximum absolute atomic E-state index is 11.8. The number of benzene rings is 1. The van der Waals surface area contributed by atoms with Crippen LogP contribution in [0.2, 0.25) is 0 Å². The first-order chi connectivity index (χ1) is 7.91. The van der Waals surface area contributed by atoms with E-state index in [0.717, 1.165) is 16.8 Å². The molecule has 1 rings (SSSR count). The molecule has 2 amide bonds. The average molecular weight is 234 g/mol. The van der Waals surface area contributed by atoms with Crippen molar-refractivity contribution < 1.29 is 9.59 Å². The fraction of sp³-hybridized carbons (Fsp3) is 0.385. The molecular formula is C13H18N2O2. The molecule has 0 aliphatic heterocycles. The van der Waals surface area contributed by atoms with E-state index < -0.39 is 6.04 Å². The lowest BCUT2D eigenvalue weighted by Crippen LogP contribution is -2.40. The molecule has 1 aromatic rings. The first-order valence-electron chi connectivity index (χ1n) is 5.56. The van der Waals surface area contributed by atoms with Crippen molar-refractivity contribution in [3.63, 3.8) is 0 Å². The molecule has 0 aliphatic rings. The van der Waals surface area contributed by atoms with Gasteiger partial charge in [-0.15, -0.1) is 0 Å². The molecule has 4 nitrogen and oxygen atoms in total. The van der Waals surface area contributed by atoms with Crippen LogP contribution in [0.1, 0.15) is 25.0 Å². The second kappa shape index (κ2) is 5.48. The number of hydrogen-bond donors (Lipinski definition) is 2. The highest BCUT2D eigenvalue weighted by atomic mass is 16.2. The van der Waals surface area contributed by atoms with Gasteiger partial charge >= 0.3 is 0 Å². The molecule has 17 heavy (non-hydrogen) atoms. The fourth-order valence-electron chi connectivity index (χ4n) is 1.50. The number of aryl methyl sites for hydroxylation is 1. The van der Waals surface area contributed by atoms with Crippen LogP contribution in [0, 0.1) is 13.8 Å². The molecule has 92 valence electrons. The standard InChI is InChI=1S/C13H18N2O2/c1-8-6-5-7-12(9(8)2)15-13(17)10(3)14-11(4)16/h5-7,10H,1-4H3,(H,14,16)(H,15,17)/t10-/m0/s1. The number of hydrogen-bond acceptors (Lipinski definition) is 2. The third-order valence-corrected chi connectivity index (χ3v) is 2.68. The average Bonchev–Trinajstić information content (AvgIpc) is 2.23. The topological polar surface area (TPSA) is 58.2 Å². The van der Waals surface area contributed by atoms with Crippen LogP contribution < -0.4 is 10.6 Å². The lowest BCUT2D eigenvalue weighted by Gasteiger charge is -2.15. The summed E-state index contributed by atoms with van der Waals surface area (Å²) in [5.41, 5.74) is 2.94. The van der Waals surface area contributed by atoms with Crippen LogP contribution in [0.4, 0.5) is 5.69 Å². The van der Waals surface area contributed by atoms with Gasteiger partial charge in [0.25, 0.3) is 0 Å². The Morgan fingerprint density at radius 2 is 1.88 bits per heavy atom. The van der Waals surface area contributed by atoms with E-state index in [9.17, 15) is 9.59 Å². The Hall–Kier alpha value is -1.84. The zero-order chi connectivity index (χ0) is 13.0. The van der Waals surface area contributed by atoms with Gasteiger partial charge in [0.05, 0.1) is 0 Å².